The summed E-state index contributed by atoms with van der Waals surface area (Å²) in [5, 5.41) is 3.43. The lowest BCUT2D eigenvalue weighted by Crippen LogP contribution is -2.14. The molecule has 1 N–H and O–H groups in total. The van der Waals surface area contributed by atoms with E-state index in [0.29, 0.717) is 0 Å². The average Bonchev–Trinajstić information content (AvgIpc) is 2.39. The van der Waals surface area contributed by atoms with Crippen LogP contribution in [0, 0.1) is 6.07 Å². The number of pyridine rings is 1. The standard InChI is InChI=1S/C17H21N2/c1-17(2,3)16-6-4-14(5-7-16)12-19-13-15-8-10-18-11-9-15/h4-6,8-11,19H,12-13H2,1-3H3. The molecular weight excluding hydrogens is 232 g/mol. The third-order valence-corrected chi connectivity index (χ3v) is 3.09. The first kappa shape index (κ1) is 13.8. The van der Waals surface area contributed by atoms with Gasteiger partial charge in [0.2, 0.25) is 0 Å². The highest BCUT2D eigenvalue weighted by Gasteiger charge is 2.12. The van der Waals surface area contributed by atoms with Gasteiger partial charge in [0.05, 0.1) is 0 Å². The molecule has 0 spiro atoms. The average molecular weight is 253 g/mol. The van der Waals surface area contributed by atoms with Gasteiger partial charge < -0.3 is 5.32 Å². The Labute approximate surface area is 115 Å². The summed E-state index contributed by atoms with van der Waals surface area (Å²) in [6.07, 6.45) is 3.64. The molecule has 0 saturated carbocycles. The Kier molecular flexibility index (Phi) is 4.33. The first-order valence-corrected chi connectivity index (χ1v) is 6.66. The molecule has 1 aromatic carbocycles. The summed E-state index contributed by atoms with van der Waals surface area (Å²) in [5.41, 5.74) is 3.95. The third-order valence-electron chi connectivity index (χ3n) is 3.09. The van der Waals surface area contributed by atoms with E-state index in [0.717, 1.165) is 13.1 Å². The number of nitrogens with one attached hydrogen (secondary N) is 1. The minimum atomic E-state index is 0.170. The fourth-order valence-corrected chi connectivity index (χ4v) is 1.89. The summed E-state index contributed by atoms with van der Waals surface area (Å²) in [5.74, 6) is 0. The van der Waals surface area contributed by atoms with Crippen LogP contribution >= 0.6 is 0 Å². The van der Waals surface area contributed by atoms with Crippen LogP contribution < -0.4 is 5.32 Å². The molecule has 0 aliphatic rings. The molecule has 0 aliphatic heterocycles. The van der Waals surface area contributed by atoms with Crippen molar-refractivity contribution in [2.24, 2.45) is 0 Å². The maximum atomic E-state index is 4.01. The highest BCUT2D eigenvalue weighted by Crippen LogP contribution is 2.21. The predicted molar refractivity (Wildman–Crippen MR) is 78.8 cm³/mol. The van der Waals surface area contributed by atoms with E-state index in [1.54, 1.807) is 0 Å². The summed E-state index contributed by atoms with van der Waals surface area (Å²) in [4.78, 5) is 4.01. The largest absolute Gasteiger partial charge is 0.309 e. The van der Waals surface area contributed by atoms with E-state index >= 15 is 0 Å². The van der Waals surface area contributed by atoms with Gasteiger partial charge >= 0.3 is 0 Å². The highest BCUT2D eigenvalue weighted by molar-refractivity contribution is 5.26. The van der Waals surface area contributed by atoms with Crippen LogP contribution in [-0.2, 0) is 18.5 Å². The SMILES string of the molecule is CC(C)(C)c1[c]cc(CNCc2ccncc2)cc1. The van der Waals surface area contributed by atoms with E-state index in [1.165, 1.54) is 16.7 Å². The molecule has 1 heterocycles. The number of hydrogen-bond donors (Lipinski definition) is 1. The number of hydrogen-bond acceptors (Lipinski definition) is 2. The summed E-state index contributed by atoms with van der Waals surface area (Å²) in [6.45, 7) is 8.35. The van der Waals surface area contributed by atoms with E-state index in [2.05, 4.69) is 55.3 Å². The maximum absolute atomic E-state index is 4.01. The van der Waals surface area contributed by atoms with Crippen molar-refractivity contribution in [3.63, 3.8) is 0 Å². The van der Waals surface area contributed by atoms with Crippen LogP contribution in [0.1, 0.15) is 37.5 Å². The molecule has 0 atom stereocenters. The summed E-state index contributed by atoms with van der Waals surface area (Å²) >= 11 is 0. The molecule has 0 fully saturated rings. The second kappa shape index (κ2) is 5.98. The van der Waals surface area contributed by atoms with Gasteiger partial charge in [0, 0.05) is 25.5 Å². The second-order valence-corrected chi connectivity index (χ2v) is 5.82. The third kappa shape index (κ3) is 4.18. The zero-order valence-electron chi connectivity index (χ0n) is 11.9. The van der Waals surface area contributed by atoms with Crippen molar-refractivity contribution in [1.82, 2.24) is 10.3 Å². The fourth-order valence-electron chi connectivity index (χ4n) is 1.89. The van der Waals surface area contributed by atoms with Crippen LogP contribution in [0.4, 0.5) is 0 Å². The maximum Gasteiger partial charge on any atom is 0.0271 e. The zero-order chi connectivity index (χ0) is 13.7. The number of benzene rings is 1. The van der Waals surface area contributed by atoms with Crippen LogP contribution in [0.25, 0.3) is 0 Å². The van der Waals surface area contributed by atoms with Gasteiger partial charge in [-0.3, -0.25) is 4.98 Å². The topological polar surface area (TPSA) is 24.9 Å². The Balaban J connectivity index is 1.87. The summed E-state index contributed by atoms with van der Waals surface area (Å²) in [7, 11) is 0. The number of rotatable bonds is 4. The van der Waals surface area contributed by atoms with Gasteiger partial charge in [0.25, 0.3) is 0 Å². The molecule has 0 unspecified atom stereocenters. The Morgan fingerprint density at radius 3 is 2.26 bits per heavy atom. The first-order chi connectivity index (χ1) is 9.05. The van der Waals surface area contributed by atoms with Crippen LogP contribution in [0.5, 0.6) is 0 Å². The van der Waals surface area contributed by atoms with Crippen LogP contribution in [0.15, 0.2) is 42.7 Å². The van der Waals surface area contributed by atoms with Crippen LogP contribution in [0.2, 0.25) is 0 Å². The van der Waals surface area contributed by atoms with Crippen molar-refractivity contribution >= 4 is 0 Å². The van der Waals surface area contributed by atoms with Gasteiger partial charge in [0.15, 0.2) is 0 Å². The quantitative estimate of drug-likeness (QED) is 0.902. The van der Waals surface area contributed by atoms with Crippen molar-refractivity contribution in [2.45, 2.75) is 39.3 Å². The van der Waals surface area contributed by atoms with E-state index in [1.807, 2.05) is 24.5 Å². The molecule has 2 nitrogen and oxygen atoms in total. The summed E-state index contributed by atoms with van der Waals surface area (Å²) in [6, 6.07) is 13.9. The fraction of sp³-hybridized carbons (Fsp3) is 0.353. The number of aromatic nitrogens is 1. The number of nitrogens with zero attached hydrogens (tertiary/aromatic N) is 1. The van der Waals surface area contributed by atoms with E-state index in [-0.39, 0.29) is 5.41 Å². The Bertz CT molecular complexity index is 495. The molecule has 0 saturated heterocycles. The van der Waals surface area contributed by atoms with E-state index in [4.69, 9.17) is 0 Å². The molecule has 0 bridgehead atoms. The molecule has 1 radical (unpaired) electrons. The lowest BCUT2D eigenvalue weighted by atomic mass is 9.87. The Morgan fingerprint density at radius 1 is 1.00 bits per heavy atom. The van der Waals surface area contributed by atoms with Crippen molar-refractivity contribution < 1.29 is 0 Å². The van der Waals surface area contributed by atoms with E-state index < -0.39 is 0 Å². The predicted octanol–water partition coefficient (Wildman–Crippen LogP) is 3.47. The van der Waals surface area contributed by atoms with Crippen LogP contribution in [0.3, 0.4) is 0 Å². The normalized spacial score (nSPS) is 11.5. The minimum absolute atomic E-state index is 0.170. The summed E-state index contributed by atoms with van der Waals surface area (Å²) < 4.78 is 0. The first-order valence-electron chi connectivity index (χ1n) is 6.66. The van der Waals surface area contributed by atoms with Crippen LogP contribution in [-0.4, -0.2) is 4.98 Å². The molecule has 2 rings (SSSR count). The molecule has 0 amide bonds. The van der Waals surface area contributed by atoms with Crippen molar-refractivity contribution in [3.8, 4) is 0 Å². The molecular formula is C17H21N2. The van der Waals surface area contributed by atoms with Crippen molar-refractivity contribution in [3.05, 3.63) is 65.5 Å². The van der Waals surface area contributed by atoms with Gasteiger partial charge in [-0.25, -0.2) is 0 Å². The zero-order valence-corrected chi connectivity index (χ0v) is 11.9. The minimum Gasteiger partial charge on any atom is -0.309 e. The lowest BCUT2D eigenvalue weighted by molar-refractivity contribution is 0.588. The molecule has 99 valence electrons. The molecule has 0 aliphatic carbocycles. The van der Waals surface area contributed by atoms with E-state index in [9.17, 15) is 0 Å². The molecule has 1 aromatic heterocycles. The molecule has 2 heteroatoms. The van der Waals surface area contributed by atoms with Gasteiger partial charge in [0.1, 0.15) is 0 Å². The Hall–Kier alpha value is -1.67. The Morgan fingerprint density at radius 2 is 1.68 bits per heavy atom. The monoisotopic (exact) mass is 253 g/mol. The van der Waals surface area contributed by atoms with Gasteiger partial charge in [-0.05, 0) is 46.4 Å². The van der Waals surface area contributed by atoms with Gasteiger partial charge in [-0.2, -0.15) is 0 Å². The van der Waals surface area contributed by atoms with Crippen molar-refractivity contribution in [2.75, 3.05) is 0 Å². The smallest absolute Gasteiger partial charge is 0.0271 e. The molecule has 19 heavy (non-hydrogen) atoms. The van der Waals surface area contributed by atoms with Crippen molar-refractivity contribution in [1.29, 1.82) is 0 Å². The second-order valence-electron chi connectivity index (χ2n) is 5.82. The van der Waals surface area contributed by atoms with Gasteiger partial charge in [-0.15, -0.1) is 0 Å². The van der Waals surface area contributed by atoms with Gasteiger partial charge in [-0.1, -0.05) is 32.9 Å². The highest BCUT2D eigenvalue weighted by atomic mass is 14.8. The molecule has 2 aromatic rings. The lowest BCUT2D eigenvalue weighted by Gasteiger charge is -2.18.